The maximum absolute atomic E-state index is 11.8. The van der Waals surface area contributed by atoms with E-state index in [1.54, 1.807) is 11.7 Å². The summed E-state index contributed by atoms with van der Waals surface area (Å²) >= 11 is 6.13. The number of nitrogens with one attached hydrogen (secondary N) is 1. The Kier molecular flexibility index (Phi) is 3.38. The third-order valence-corrected chi connectivity index (χ3v) is 4.40. The number of nitrogens with two attached hydrogens (primary N) is 1. The van der Waals surface area contributed by atoms with E-state index in [0.717, 1.165) is 24.2 Å². The predicted molar refractivity (Wildman–Crippen MR) is 70.4 cm³/mol. The monoisotopic (exact) mass is 270 g/mol. The molecule has 0 aliphatic heterocycles. The molecule has 100 valence electrons. The number of aromatic nitrogens is 2. The number of carbonyl (C=O) groups excluding carboxylic acids is 1. The van der Waals surface area contributed by atoms with E-state index >= 15 is 0 Å². The van der Waals surface area contributed by atoms with Crippen molar-refractivity contribution in [3.05, 3.63) is 16.4 Å². The first kappa shape index (κ1) is 13.4. The zero-order valence-corrected chi connectivity index (χ0v) is 11.7. The Morgan fingerprint density at radius 2 is 2.22 bits per heavy atom. The molecule has 1 heterocycles. The number of halogens is 1. The lowest BCUT2D eigenvalue weighted by Crippen LogP contribution is -2.58. The summed E-state index contributed by atoms with van der Waals surface area (Å²) in [6, 6.07) is 0. The minimum absolute atomic E-state index is 0.294. The van der Waals surface area contributed by atoms with Crippen LogP contribution < -0.4 is 11.1 Å². The molecule has 3 N–H and O–H groups in total. The highest BCUT2D eigenvalue weighted by Crippen LogP contribution is 2.40. The Morgan fingerprint density at radius 3 is 2.56 bits per heavy atom. The van der Waals surface area contributed by atoms with Gasteiger partial charge in [0.1, 0.15) is 5.54 Å². The quantitative estimate of drug-likeness (QED) is 0.839. The Labute approximate surface area is 112 Å². The number of hydrogen-bond donors (Lipinski definition) is 2. The van der Waals surface area contributed by atoms with E-state index in [1.165, 1.54) is 0 Å². The van der Waals surface area contributed by atoms with Crippen molar-refractivity contribution in [3.8, 4) is 0 Å². The Balaban J connectivity index is 2.34. The zero-order valence-electron chi connectivity index (χ0n) is 11.0. The van der Waals surface area contributed by atoms with Crippen molar-refractivity contribution in [2.75, 3.05) is 7.05 Å². The second kappa shape index (κ2) is 4.55. The molecule has 1 aromatic rings. The highest BCUT2D eigenvalue weighted by atomic mass is 35.5. The second-order valence-electron chi connectivity index (χ2n) is 5.00. The van der Waals surface area contributed by atoms with Crippen molar-refractivity contribution in [3.63, 3.8) is 0 Å². The number of amides is 1. The summed E-state index contributed by atoms with van der Waals surface area (Å²) in [5.41, 5.74) is 6.52. The molecule has 1 aliphatic rings. The van der Waals surface area contributed by atoms with E-state index in [2.05, 4.69) is 10.4 Å². The summed E-state index contributed by atoms with van der Waals surface area (Å²) < 4.78 is 1.78. The van der Waals surface area contributed by atoms with Crippen molar-refractivity contribution < 1.29 is 4.79 Å². The lowest BCUT2D eigenvalue weighted by atomic mass is 9.92. The summed E-state index contributed by atoms with van der Waals surface area (Å²) in [5, 5.41) is 8.13. The largest absolute Gasteiger partial charge is 0.368 e. The minimum atomic E-state index is -0.716. The molecule has 6 heteroatoms. The van der Waals surface area contributed by atoms with Gasteiger partial charge in [-0.25, -0.2) is 0 Å². The Hall–Kier alpha value is -1.07. The summed E-state index contributed by atoms with van der Waals surface area (Å²) in [6.07, 6.45) is 2.05. The first-order chi connectivity index (χ1) is 8.42. The van der Waals surface area contributed by atoms with E-state index in [1.807, 2.05) is 13.8 Å². The molecule has 1 amide bonds. The molecule has 1 fully saturated rings. The van der Waals surface area contributed by atoms with E-state index in [-0.39, 0.29) is 5.91 Å². The van der Waals surface area contributed by atoms with Gasteiger partial charge in [-0.15, -0.1) is 0 Å². The van der Waals surface area contributed by atoms with E-state index in [9.17, 15) is 4.79 Å². The molecule has 1 saturated carbocycles. The van der Waals surface area contributed by atoms with Crippen molar-refractivity contribution in [1.29, 1.82) is 0 Å². The number of aryl methyl sites for hydroxylation is 1. The highest BCUT2D eigenvalue weighted by molar-refractivity contribution is 6.31. The number of rotatable bonds is 5. The Bertz CT molecular complexity index is 481. The summed E-state index contributed by atoms with van der Waals surface area (Å²) in [6.45, 7) is 4.19. The topological polar surface area (TPSA) is 72.9 Å². The first-order valence-electron chi connectivity index (χ1n) is 6.10. The van der Waals surface area contributed by atoms with Crippen LogP contribution in [0.4, 0.5) is 0 Å². The molecule has 1 atom stereocenters. The van der Waals surface area contributed by atoms with Gasteiger partial charge in [0.15, 0.2) is 0 Å². The lowest BCUT2D eigenvalue weighted by Gasteiger charge is -2.30. The van der Waals surface area contributed by atoms with Gasteiger partial charge in [-0.1, -0.05) is 11.6 Å². The molecule has 0 bridgehead atoms. The SMILES string of the molecule is CNC(Cn1nc(C)c(Cl)c1C)(C(N)=O)C1CC1. The third-order valence-electron chi connectivity index (χ3n) is 3.85. The Morgan fingerprint density at radius 1 is 1.61 bits per heavy atom. The fourth-order valence-electron chi connectivity index (χ4n) is 2.46. The first-order valence-corrected chi connectivity index (χ1v) is 6.48. The molecular formula is C12H19ClN4O. The van der Waals surface area contributed by atoms with Crippen LogP contribution in [-0.4, -0.2) is 28.3 Å². The number of carbonyl (C=O) groups is 1. The molecule has 0 saturated heterocycles. The average Bonchev–Trinajstić information content (AvgIpc) is 3.13. The van der Waals surface area contributed by atoms with Gasteiger partial charge in [0, 0.05) is 0 Å². The van der Waals surface area contributed by atoms with Gasteiger partial charge >= 0.3 is 0 Å². The maximum atomic E-state index is 11.8. The van der Waals surface area contributed by atoms with Crippen LogP contribution in [0.5, 0.6) is 0 Å². The molecule has 18 heavy (non-hydrogen) atoms. The van der Waals surface area contributed by atoms with Crippen molar-refractivity contribution in [2.45, 2.75) is 38.8 Å². The van der Waals surface area contributed by atoms with Crippen molar-refractivity contribution in [1.82, 2.24) is 15.1 Å². The zero-order chi connectivity index (χ0) is 13.5. The van der Waals surface area contributed by atoms with E-state index in [4.69, 9.17) is 17.3 Å². The normalized spacial score (nSPS) is 18.7. The molecule has 5 nitrogen and oxygen atoms in total. The number of hydrogen-bond acceptors (Lipinski definition) is 3. The summed E-state index contributed by atoms with van der Waals surface area (Å²) in [5.74, 6) is -0.0288. The van der Waals surface area contributed by atoms with Crippen LogP contribution in [0.3, 0.4) is 0 Å². The molecule has 0 aromatic carbocycles. The predicted octanol–water partition coefficient (Wildman–Crippen LogP) is 1.01. The van der Waals surface area contributed by atoms with Crippen molar-refractivity contribution >= 4 is 17.5 Å². The minimum Gasteiger partial charge on any atom is -0.368 e. The fraction of sp³-hybridized carbons (Fsp3) is 0.667. The van der Waals surface area contributed by atoms with E-state index in [0.29, 0.717) is 17.5 Å². The molecular weight excluding hydrogens is 252 g/mol. The number of nitrogens with zero attached hydrogens (tertiary/aromatic N) is 2. The van der Waals surface area contributed by atoms with Crippen molar-refractivity contribution in [2.24, 2.45) is 11.7 Å². The van der Waals surface area contributed by atoms with Crippen LogP contribution in [0.15, 0.2) is 0 Å². The van der Waals surface area contributed by atoms with Gasteiger partial charge in [0.05, 0.1) is 23.0 Å². The van der Waals surface area contributed by atoms with Gasteiger partial charge in [0.25, 0.3) is 0 Å². The second-order valence-corrected chi connectivity index (χ2v) is 5.38. The van der Waals surface area contributed by atoms with Gasteiger partial charge in [-0.3, -0.25) is 9.48 Å². The van der Waals surface area contributed by atoms with Gasteiger partial charge < -0.3 is 11.1 Å². The van der Waals surface area contributed by atoms with Gasteiger partial charge in [0.2, 0.25) is 5.91 Å². The summed E-state index contributed by atoms with van der Waals surface area (Å²) in [7, 11) is 1.77. The van der Waals surface area contributed by atoms with Crippen LogP contribution in [0.2, 0.25) is 5.02 Å². The van der Waals surface area contributed by atoms with E-state index < -0.39 is 5.54 Å². The summed E-state index contributed by atoms with van der Waals surface area (Å²) in [4.78, 5) is 11.8. The molecule has 1 aliphatic carbocycles. The molecule has 0 radical (unpaired) electrons. The third kappa shape index (κ3) is 2.01. The molecule has 1 unspecified atom stereocenters. The smallest absolute Gasteiger partial charge is 0.239 e. The van der Waals surface area contributed by atoms with Gasteiger partial charge in [-0.05, 0) is 39.7 Å². The highest BCUT2D eigenvalue weighted by Gasteiger charge is 2.49. The fourth-order valence-corrected chi connectivity index (χ4v) is 2.59. The van der Waals surface area contributed by atoms with Gasteiger partial charge in [-0.2, -0.15) is 5.10 Å². The molecule has 1 aromatic heterocycles. The molecule has 0 spiro atoms. The van der Waals surface area contributed by atoms with Crippen LogP contribution >= 0.6 is 11.6 Å². The number of likely N-dealkylation sites (N-methyl/N-ethyl adjacent to an activating group) is 1. The van der Waals surface area contributed by atoms with Crippen LogP contribution in [-0.2, 0) is 11.3 Å². The van der Waals surface area contributed by atoms with Crippen LogP contribution in [0.25, 0.3) is 0 Å². The number of primary amides is 1. The standard InChI is InChI=1S/C12H19ClN4O/c1-7-10(13)8(2)17(16-7)6-12(15-3,11(14)18)9-4-5-9/h9,15H,4-6H2,1-3H3,(H2,14,18). The molecule has 2 rings (SSSR count). The lowest BCUT2D eigenvalue weighted by molar-refractivity contribution is -0.125. The maximum Gasteiger partial charge on any atom is 0.239 e. The van der Waals surface area contributed by atoms with Crippen LogP contribution in [0, 0.1) is 19.8 Å². The van der Waals surface area contributed by atoms with Crippen LogP contribution in [0.1, 0.15) is 24.2 Å². The average molecular weight is 271 g/mol.